The van der Waals surface area contributed by atoms with E-state index in [0.717, 1.165) is 5.56 Å². The van der Waals surface area contributed by atoms with Crippen LogP contribution in [0, 0.1) is 0 Å². The van der Waals surface area contributed by atoms with Crippen LogP contribution in [0.3, 0.4) is 0 Å². The number of aromatic nitrogens is 2. The first-order chi connectivity index (χ1) is 12.5. The number of rotatable bonds is 6. The first-order valence-electron chi connectivity index (χ1n) is 8.86. The Kier molecular flexibility index (Phi) is 5.46. The smallest absolute Gasteiger partial charge is 0.258 e. The normalized spacial score (nSPS) is 11.0. The van der Waals surface area contributed by atoms with Gasteiger partial charge in [0, 0.05) is 12.5 Å². The van der Waals surface area contributed by atoms with Gasteiger partial charge in [0.1, 0.15) is 5.82 Å². The minimum Gasteiger partial charge on any atom is -0.333 e. The van der Waals surface area contributed by atoms with Crippen LogP contribution >= 0.6 is 0 Å². The summed E-state index contributed by atoms with van der Waals surface area (Å²) >= 11 is 0. The molecule has 0 aliphatic carbocycles. The molecule has 0 unspecified atom stereocenters. The zero-order valence-corrected chi connectivity index (χ0v) is 15.1. The Labute approximate surface area is 152 Å². The van der Waals surface area contributed by atoms with E-state index >= 15 is 0 Å². The molecule has 134 valence electrons. The Bertz CT molecular complexity index is 948. The van der Waals surface area contributed by atoms with Crippen molar-refractivity contribution in [2.24, 2.45) is 0 Å². The van der Waals surface area contributed by atoms with Gasteiger partial charge in [0.05, 0.1) is 17.4 Å². The van der Waals surface area contributed by atoms with Gasteiger partial charge < -0.3 is 9.88 Å². The van der Waals surface area contributed by atoms with Crippen LogP contribution in [-0.2, 0) is 17.8 Å². The number of para-hydroxylation sites is 1. The van der Waals surface area contributed by atoms with Crippen molar-refractivity contribution in [2.75, 3.05) is 0 Å². The summed E-state index contributed by atoms with van der Waals surface area (Å²) < 4.78 is 0. The molecule has 0 atom stereocenters. The van der Waals surface area contributed by atoms with E-state index in [4.69, 9.17) is 0 Å². The second kappa shape index (κ2) is 7.95. The molecule has 26 heavy (non-hydrogen) atoms. The predicted octanol–water partition coefficient (Wildman–Crippen LogP) is 3.29. The van der Waals surface area contributed by atoms with Gasteiger partial charge >= 0.3 is 0 Å². The SMILES string of the molecule is CC(C)N(Cc1nc2ccccc2c(=O)[nH]1)C(=O)CCc1ccccc1. The third-order valence-corrected chi connectivity index (χ3v) is 4.40. The monoisotopic (exact) mass is 349 g/mol. The molecule has 0 bridgehead atoms. The van der Waals surface area contributed by atoms with Crippen LogP contribution in [0.25, 0.3) is 10.9 Å². The molecule has 0 fully saturated rings. The van der Waals surface area contributed by atoms with Crippen LogP contribution in [0.15, 0.2) is 59.4 Å². The Hall–Kier alpha value is -2.95. The molecule has 0 spiro atoms. The van der Waals surface area contributed by atoms with Crippen molar-refractivity contribution in [3.63, 3.8) is 0 Å². The summed E-state index contributed by atoms with van der Waals surface area (Å²) in [5.41, 5.74) is 1.61. The van der Waals surface area contributed by atoms with Gasteiger partial charge in [-0.2, -0.15) is 0 Å². The van der Waals surface area contributed by atoms with Crippen LogP contribution in [0.5, 0.6) is 0 Å². The summed E-state index contributed by atoms with van der Waals surface area (Å²) in [6, 6.07) is 17.2. The van der Waals surface area contributed by atoms with Gasteiger partial charge in [0.25, 0.3) is 5.56 Å². The molecule has 0 aliphatic rings. The number of carbonyl (C=O) groups is 1. The Balaban J connectivity index is 1.76. The van der Waals surface area contributed by atoms with Crippen molar-refractivity contribution >= 4 is 16.8 Å². The van der Waals surface area contributed by atoms with Crippen LogP contribution in [0.1, 0.15) is 31.7 Å². The highest BCUT2D eigenvalue weighted by atomic mass is 16.2. The van der Waals surface area contributed by atoms with Crippen LogP contribution in [0.4, 0.5) is 0 Å². The first kappa shape index (κ1) is 17.9. The Morgan fingerprint density at radius 3 is 2.50 bits per heavy atom. The molecular formula is C21H23N3O2. The lowest BCUT2D eigenvalue weighted by molar-refractivity contribution is -0.133. The Morgan fingerprint density at radius 1 is 1.08 bits per heavy atom. The maximum atomic E-state index is 12.7. The van der Waals surface area contributed by atoms with Gasteiger partial charge in [-0.25, -0.2) is 4.98 Å². The maximum absolute atomic E-state index is 12.7. The molecular weight excluding hydrogens is 326 g/mol. The van der Waals surface area contributed by atoms with Crippen molar-refractivity contribution in [3.8, 4) is 0 Å². The highest BCUT2D eigenvalue weighted by Gasteiger charge is 2.18. The average Bonchev–Trinajstić information content (AvgIpc) is 2.65. The van der Waals surface area contributed by atoms with E-state index in [1.165, 1.54) is 0 Å². The second-order valence-electron chi connectivity index (χ2n) is 6.63. The molecule has 1 amide bonds. The molecule has 3 aromatic rings. The van der Waals surface area contributed by atoms with Gasteiger partial charge in [0.15, 0.2) is 0 Å². The van der Waals surface area contributed by atoms with Crippen molar-refractivity contribution in [1.29, 1.82) is 0 Å². The first-order valence-corrected chi connectivity index (χ1v) is 8.86. The van der Waals surface area contributed by atoms with Gasteiger partial charge in [-0.1, -0.05) is 42.5 Å². The number of aryl methyl sites for hydroxylation is 1. The summed E-state index contributed by atoms with van der Waals surface area (Å²) in [5, 5.41) is 0.558. The van der Waals surface area contributed by atoms with Crippen molar-refractivity contribution < 1.29 is 4.79 Å². The molecule has 1 heterocycles. The fourth-order valence-corrected chi connectivity index (χ4v) is 2.97. The number of aromatic amines is 1. The molecule has 0 radical (unpaired) electrons. The molecule has 0 saturated carbocycles. The molecule has 0 saturated heterocycles. The van der Waals surface area contributed by atoms with Crippen LogP contribution < -0.4 is 5.56 Å². The van der Waals surface area contributed by atoms with Gasteiger partial charge in [0.2, 0.25) is 5.91 Å². The summed E-state index contributed by atoms with van der Waals surface area (Å²) in [6.07, 6.45) is 1.13. The number of hydrogen-bond donors (Lipinski definition) is 1. The lowest BCUT2D eigenvalue weighted by Gasteiger charge is -2.26. The Morgan fingerprint density at radius 2 is 1.77 bits per heavy atom. The van der Waals surface area contributed by atoms with E-state index in [1.54, 1.807) is 11.0 Å². The number of nitrogens with one attached hydrogen (secondary N) is 1. The highest BCUT2D eigenvalue weighted by molar-refractivity contribution is 5.78. The van der Waals surface area contributed by atoms with E-state index in [1.807, 2.05) is 62.4 Å². The molecule has 5 heteroatoms. The number of carbonyl (C=O) groups excluding carboxylic acids is 1. The topological polar surface area (TPSA) is 66.1 Å². The number of nitrogens with zero attached hydrogens (tertiary/aromatic N) is 2. The maximum Gasteiger partial charge on any atom is 0.258 e. The summed E-state index contributed by atoms with van der Waals surface area (Å²) in [7, 11) is 0. The van der Waals surface area contributed by atoms with Gasteiger partial charge in [-0.05, 0) is 38.0 Å². The van der Waals surface area contributed by atoms with Crippen molar-refractivity contribution in [3.05, 3.63) is 76.3 Å². The molecule has 2 aromatic carbocycles. The number of hydrogen-bond acceptors (Lipinski definition) is 3. The van der Waals surface area contributed by atoms with E-state index in [2.05, 4.69) is 9.97 Å². The lowest BCUT2D eigenvalue weighted by Crippen LogP contribution is -2.37. The third kappa shape index (κ3) is 4.17. The number of H-pyrrole nitrogens is 1. The zero-order chi connectivity index (χ0) is 18.5. The minimum absolute atomic E-state index is 0.0232. The van der Waals surface area contributed by atoms with Crippen LogP contribution in [0.2, 0.25) is 0 Å². The molecule has 3 rings (SSSR count). The van der Waals surface area contributed by atoms with E-state index in [-0.39, 0.29) is 17.5 Å². The summed E-state index contributed by atoms with van der Waals surface area (Å²) in [6.45, 7) is 4.24. The van der Waals surface area contributed by atoms with Gasteiger partial charge in [-0.3, -0.25) is 9.59 Å². The number of fused-ring (bicyclic) bond motifs is 1. The molecule has 0 aliphatic heterocycles. The average molecular weight is 349 g/mol. The van der Waals surface area contributed by atoms with E-state index in [0.29, 0.717) is 36.1 Å². The zero-order valence-electron chi connectivity index (χ0n) is 15.1. The molecule has 1 aromatic heterocycles. The predicted molar refractivity (Wildman–Crippen MR) is 103 cm³/mol. The third-order valence-electron chi connectivity index (χ3n) is 4.40. The summed E-state index contributed by atoms with van der Waals surface area (Å²) in [4.78, 5) is 34.0. The highest BCUT2D eigenvalue weighted by Crippen LogP contribution is 2.12. The number of benzene rings is 2. The summed E-state index contributed by atoms with van der Waals surface area (Å²) in [5.74, 6) is 0.565. The molecule has 1 N–H and O–H groups in total. The standard InChI is InChI=1S/C21H23N3O2/c1-15(2)24(20(25)13-12-16-8-4-3-5-9-16)14-19-22-18-11-7-6-10-17(18)21(26)23-19/h3-11,15H,12-14H2,1-2H3,(H,22,23,26). The molecule has 5 nitrogen and oxygen atoms in total. The van der Waals surface area contributed by atoms with Gasteiger partial charge in [-0.15, -0.1) is 0 Å². The van der Waals surface area contributed by atoms with E-state index in [9.17, 15) is 9.59 Å². The van der Waals surface area contributed by atoms with Crippen molar-refractivity contribution in [1.82, 2.24) is 14.9 Å². The lowest BCUT2D eigenvalue weighted by atomic mass is 10.1. The van der Waals surface area contributed by atoms with Crippen molar-refractivity contribution in [2.45, 2.75) is 39.3 Å². The fourth-order valence-electron chi connectivity index (χ4n) is 2.97. The minimum atomic E-state index is -0.175. The van der Waals surface area contributed by atoms with Crippen LogP contribution in [-0.4, -0.2) is 26.8 Å². The quantitative estimate of drug-likeness (QED) is 0.742. The largest absolute Gasteiger partial charge is 0.333 e. The number of amides is 1. The fraction of sp³-hybridized carbons (Fsp3) is 0.286. The van der Waals surface area contributed by atoms with E-state index < -0.39 is 0 Å². The second-order valence-corrected chi connectivity index (χ2v) is 6.63.